The van der Waals surface area contributed by atoms with Crippen LogP contribution >= 0.6 is 0 Å². The molecule has 1 fully saturated rings. The van der Waals surface area contributed by atoms with Crippen LogP contribution in [0.2, 0.25) is 18.1 Å². The van der Waals surface area contributed by atoms with Crippen LogP contribution in [0.4, 0.5) is 0 Å². The van der Waals surface area contributed by atoms with Gasteiger partial charge in [-0.15, -0.1) is 0 Å². The van der Waals surface area contributed by atoms with Gasteiger partial charge in [-0.05, 0) is 23.7 Å². The molecule has 5 atom stereocenters. The smallest absolute Gasteiger partial charge is 0.303 e. The molecule has 27 heavy (non-hydrogen) atoms. The Morgan fingerprint density at radius 2 is 1.70 bits per heavy atom. The molecule has 10 nitrogen and oxygen atoms in total. The van der Waals surface area contributed by atoms with Crippen molar-refractivity contribution in [3.05, 3.63) is 10.4 Å². The van der Waals surface area contributed by atoms with Gasteiger partial charge in [0, 0.05) is 18.8 Å². The minimum Gasteiger partial charge on any atom is -0.458 e. The lowest BCUT2D eigenvalue weighted by Crippen LogP contribution is -2.61. The largest absolute Gasteiger partial charge is 0.458 e. The van der Waals surface area contributed by atoms with Crippen molar-refractivity contribution in [1.82, 2.24) is 0 Å². The Hall–Kier alpha value is -1.65. The van der Waals surface area contributed by atoms with Crippen LogP contribution in [0.3, 0.4) is 0 Å². The van der Waals surface area contributed by atoms with Crippen molar-refractivity contribution >= 4 is 20.3 Å². The zero-order valence-electron chi connectivity index (χ0n) is 16.8. The highest BCUT2D eigenvalue weighted by Gasteiger charge is 2.50. The van der Waals surface area contributed by atoms with Crippen LogP contribution in [0.15, 0.2) is 5.11 Å². The number of nitrogens with zero attached hydrogens (tertiary/aromatic N) is 3. The average molecular weight is 404 g/mol. The van der Waals surface area contributed by atoms with Gasteiger partial charge in [0.2, 0.25) is 0 Å². The van der Waals surface area contributed by atoms with E-state index in [-0.39, 0.29) is 11.6 Å². The molecule has 1 saturated heterocycles. The van der Waals surface area contributed by atoms with Crippen LogP contribution in [0.5, 0.6) is 0 Å². The number of ether oxygens (including phenoxy) is 3. The summed E-state index contributed by atoms with van der Waals surface area (Å²) in [5, 5.41) is 13.6. The normalized spacial score (nSPS) is 28.8. The summed E-state index contributed by atoms with van der Waals surface area (Å²) in [4.78, 5) is 25.7. The van der Waals surface area contributed by atoms with Gasteiger partial charge in [0.05, 0.1) is 6.61 Å². The van der Waals surface area contributed by atoms with E-state index in [0.29, 0.717) is 0 Å². The molecule has 0 bridgehead atoms. The third kappa shape index (κ3) is 6.18. The van der Waals surface area contributed by atoms with E-state index in [1.807, 2.05) is 13.1 Å². The Labute approximate surface area is 159 Å². The predicted octanol–water partition coefficient (Wildman–Crippen LogP) is 2.27. The number of carbonyl (C=O) groups excluding carboxylic acids is 2. The van der Waals surface area contributed by atoms with Gasteiger partial charge in [-0.3, -0.25) is 9.59 Å². The standard InChI is InChI=1S/C16H29N3O7Si/c1-9(20)24-13-11(8-23-27(6,7)16(3,4)5)26-15(22)12(18-19-17)14(13)25-10(2)21/h11-15,22H,8H2,1-7H3/t11?,12?,13-,14+,15+/m0/s1. The third-order valence-electron chi connectivity index (χ3n) is 4.84. The summed E-state index contributed by atoms with van der Waals surface area (Å²) in [7, 11) is -2.16. The number of azide groups is 1. The molecule has 1 rings (SSSR count). The molecule has 0 saturated carbocycles. The fourth-order valence-electron chi connectivity index (χ4n) is 2.39. The lowest BCUT2D eigenvalue weighted by atomic mass is 9.97. The molecule has 1 aliphatic rings. The molecule has 0 aromatic heterocycles. The number of hydrogen-bond acceptors (Lipinski definition) is 8. The maximum Gasteiger partial charge on any atom is 0.303 e. The molecule has 0 radical (unpaired) electrons. The van der Waals surface area contributed by atoms with Crippen molar-refractivity contribution in [3.63, 3.8) is 0 Å². The zero-order chi connectivity index (χ0) is 21.0. The van der Waals surface area contributed by atoms with Crippen LogP contribution in [-0.2, 0) is 28.2 Å². The van der Waals surface area contributed by atoms with Crippen LogP contribution in [0.25, 0.3) is 10.4 Å². The summed E-state index contributed by atoms with van der Waals surface area (Å²) in [6.07, 6.45) is -4.72. The van der Waals surface area contributed by atoms with Crippen molar-refractivity contribution in [3.8, 4) is 0 Å². The van der Waals surface area contributed by atoms with Gasteiger partial charge >= 0.3 is 11.9 Å². The molecule has 0 aromatic carbocycles. The van der Waals surface area contributed by atoms with Gasteiger partial charge in [-0.1, -0.05) is 25.9 Å². The number of aliphatic hydroxyl groups excluding tert-OH is 1. The van der Waals surface area contributed by atoms with E-state index >= 15 is 0 Å². The van der Waals surface area contributed by atoms with Crippen molar-refractivity contribution in [2.75, 3.05) is 6.61 Å². The Kier molecular flexibility index (Phi) is 7.82. The van der Waals surface area contributed by atoms with Crippen LogP contribution in [0.1, 0.15) is 34.6 Å². The highest BCUT2D eigenvalue weighted by Crippen LogP contribution is 2.37. The first-order valence-corrected chi connectivity index (χ1v) is 11.6. The van der Waals surface area contributed by atoms with Crippen molar-refractivity contribution in [2.45, 2.75) is 83.4 Å². The molecule has 2 unspecified atom stereocenters. The van der Waals surface area contributed by atoms with Gasteiger partial charge in [-0.2, -0.15) is 0 Å². The maximum absolute atomic E-state index is 11.6. The minimum atomic E-state index is -2.16. The number of esters is 2. The highest BCUT2D eigenvalue weighted by atomic mass is 28.4. The second-order valence-electron chi connectivity index (χ2n) is 7.98. The van der Waals surface area contributed by atoms with Crippen LogP contribution < -0.4 is 0 Å². The molecule has 0 spiro atoms. The van der Waals surface area contributed by atoms with Crippen molar-refractivity contribution in [1.29, 1.82) is 0 Å². The minimum absolute atomic E-state index is 0.0201. The number of hydrogen-bond donors (Lipinski definition) is 1. The first-order valence-electron chi connectivity index (χ1n) is 8.66. The summed E-state index contributed by atoms with van der Waals surface area (Å²) >= 11 is 0. The molecule has 11 heteroatoms. The molecular formula is C16H29N3O7Si. The topological polar surface area (TPSA) is 140 Å². The van der Waals surface area contributed by atoms with Gasteiger partial charge < -0.3 is 23.7 Å². The lowest BCUT2D eigenvalue weighted by Gasteiger charge is -2.44. The second-order valence-corrected chi connectivity index (χ2v) is 12.8. The number of aliphatic hydroxyl groups is 1. The van der Waals surface area contributed by atoms with Gasteiger partial charge in [-0.25, -0.2) is 0 Å². The van der Waals surface area contributed by atoms with Crippen LogP contribution in [-0.4, -0.2) is 62.6 Å². The number of carbonyl (C=O) groups is 2. The molecule has 0 amide bonds. The molecule has 0 aromatic rings. The first-order chi connectivity index (χ1) is 12.3. The van der Waals surface area contributed by atoms with E-state index in [1.165, 1.54) is 13.8 Å². The Morgan fingerprint density at radius 3 is 2.15 bits per heavy atom. The van der Waals surface area contributed by atoms with Gasteiger partial charge in [0.15, 0.2) is 26.8 Å². The summed E-state index contributed by atoms with van der Waals surface area (Å²) in [5.74, 6) is -1.30. The molecule has 0 aliphatic carbocycles. The van der Waals surface area contributed by atoms with E-state index in [1.54, 1.807) is 0 Å². The van der Waals surface area contributed by atoms with E-state index in [4.69, 9.17) is 24.2 Å². The average Bonchev–Trinajstić information content (AvgIpc) is 2.50. The molecule has 1 heterocycles. The summed E-state index contributed by atoms with van der Waals surface area (Å²) in [6, 6.07) is -1.26. The van der Waals surface area contributed by atoms with E-state index in [9.17, 15) is 14.7 Å². The fourth-order valence-corrected chi connectivity index (χ4v) is 3.41. The molecule has 154 valence electrons. The fraction of sp³-hybridized carbons (Fsp3) is 0.875. The second kappa shape index (κ2) is 9.02. The SMILES string of the molecule is CC(=O)O[C@@H]1C(N=[N+]=[N-])[C@H](O)OC(CO[Si](C)(C)C(C)(C)C)[C@@H]1OC(C)=O. The van der Waals surface area contributed by atoms with Gasteiger partial charge in [0.25, 0.3) is 0 Å². The van der Waals surface area contributed by atoms with Crippen molar-refractivity contribution < 1.29 is 33.3 Å². The summed E-state index contributed by atoms with van der Waals surface area (Å²) in [5.41, 5.74) is 8.75. The zero-order valence-corrected chi connectivity index (χ0v) is 17.8. The molecular weight excluding hydrogens is 374 g/mol. The van der Waals surface area contributed by atoms with E-state index < -0.39 is 50.9 Å². The Bertz CT molecular complexity index is 601. The van der Waals surface area contributed by atoms with Crippen LogP contribution in [0, 0.1) is 0 Å². The first kappa shape index (κ1) is 23.4. The van der Waals surface area contributed by atoms with E-state index in [2.05, 4.69) is 30.8 Å². The Balaban J connectivity index is 3.15. The predicted molar refractivity (Wildman–Crippen MR) is 98.1 cm³/mol. The Morgan fingerprint density at radius 1 is 1.19 bits per heavy atom. The van der Waals surface area contributed by atoms with Gasteiger partial charge in [0.1, 0.15) is 12.1 Å². The quantitative estimate of drug-likeness (QED) is 0.236. The molecule has 1 N–H and O–H groups in total. The maximum atomic E-state index is 11.6. The number of rotatable bonds is 6. The molecule has 1 aliphatic heterocycles. The van der Waals surface area contributed by atoms with E-state index in [0.717, 1.165) is 0 Å². The third-order valence-corrected chi connectivity index (χ3v) is 9.34. The highest BCUT2D eigenvalue weighted by molar-refractivity contribution is 6.74. The van der Waals surface area contributed by atoms with Crippen molar-refractivity contribution in [2.24, 2.45) is 5.11 Å². The summed E-state index contributed by atoms with van der Waals surface area (Å²) < 4.78 is 22.1. The lowest BCUT2D eigenvalue weighted by molar-refractivity contribution is -0.258. The summed E-state index contributed by atoms with van der Waals surface area (Å²) in [6.45, 7) is 12.7. The monoisotopic (exact) mass is 403 g/mol.